The van der Waals surface area contributed by atoms with Crippen molar-refractivity contribution in [2.45, 2.75) is 31.7 Å². The summed E-state index contributed by atoms with van der Waals surface area (Å²) in [6, 6.07) is 28.5. The smallest absolute Gasteiger partial charge is 0.323 e. The predicted molar refractivity (Wildman–Crippen MR) is 133 cm³/mol. The Hall–Kier alpha value is -3.86. The second kappa shape index (κ2) is 9.56. The van der Waals surface area contributed by atoms with Gasteiger partial charge in [-0.1, -0.05) is 78.9 Å². The maximum Gasteiger partial charge on any atom is 0.323 e. The standard InChI is InChI=1S/C29H28N2O3/c32-28(33)19-31-26-14-8-7-13-23(26)24-17-22(15-16-27(24)31)29(34)30-18-25(20-9-3-1-4-10-20)21-11-5-2-6-12-21/h1-14,22,25H,15-19H2,(H,30,34)(H,32,33). The van der Waals surface area contributed by atoms with Crippen LogP contribution in [0.1, 0.15) is 34.7 Å². The Kier molecular flexibility index (Phi) is 6.17. The van der Waals surface area contributed by atoms with E-state index in [0.717, 1.165) is 28.6 Å². The zero-order valence-corrected chi connectivity index (χ0v) is 19.0. The number of carboxylic acid groups (broad SMARTS) is 1. The Morgan fingerprint density at radius 2 is 1.53 bits per heavy atom. The number of hydrogen-bond donors (Lipinski definition) is 2. The molecule has 1 atom stereocenters. The van der Waals surface area contributed by atoms with Crippen molar-refractivity contribution in [2.24, 2.45) is 5.92 Å². The molecule has 0 bridgehead atoms. The van der Waals surface area contributed by atoms with Crippen molar-refractivity contribution >= 4 is 22.8 Å². The van der Waals surface area contributed by atoms with E-state index in [1.54, 1.807) is 0 Å². The molecule has 5 heteroatoms. The lowest BCUT2D eigenvalue weighted by molar-refractivity contribution is -0.137. The zero-order chi connectivity index (χ0) is 23.5. The molecule has 34 heavy (non-hydrogen) atoms. The van der Waals surface area contributed by atoms with Crippen LogP contribution in [0, 0.1) is 5.92 Å². The van der Waals surface area contributed by atoms with Crippen molar-refractivity contribution in [3.8, 4) is 0 Å². The quantitative estimate of drug-likeness (QED) is 0.424. The van der Waals surface area contributed by atoms with Gasteiger partial charge in [-0.15, -0.1) is 0 Å². The molecule has 0 spiro atoms. The van der Waals surface area contributed by atoms with E-state index < -0.39 is 5.97 Å². The number of fused-ring (bicyclic) bond motifs is 3. The number of hydrogen-bond acceptors (Lipinski definition) is 2. The van der Waals surface area contributed by atoms with Gasteiger partial charge in [-0.2, -0.15) is 0 Å². The summed E-state index contributed by atoms with van der Waals surface area (Å²) in [7, 11) is 0. The van der Waals surface area contributed by atoms with Crippen molar-refractivity contribution < 1.29 is 14.7 Å². The molecule has 1 unspecified atom stereocenters. The molecule has 4 aromatic rings. The molecular formula is C29H28N2O3. The van der Waals surface area contributed by atoms with Crippen molar-refractivity contribution in [2.75, 3.05) is 6.54 Å². The first-order valence-corrected chi connectivity index (χ1v) is 11.8. The minimum atomic E-state index is -0.851. The first kappa shape index (κ1) is 22.0. The molecule has 2 N–H and O–H groups in total. The lowest BCUT2D eigenvalue weighted by Gasteiger charge is -2.25. The minimum absolute atomic E-state index is 0.0530. The van der Waals surface area contributed by atoms with Gasteiger partial charge in [0.25, 0.3) is 0 Å². The largest absolute Gasteiger partial charge is 0.480 e. The number of aromatic nitrogens is 1. The number of nitrogens with zero attached hydrogens (tertiary/aromatic N) is 1. The average molecular weight is 453 g/mol. The lowest BCUT2D eigenvalue weighted by Crippen LogP contribution is -2.36. The Labute approximate surface area is 199 Å². The normalized spacial score (nSPS) is 15.3. The van der Waals surface area contributed by atoms with E-state index in [1.807, 2.05) is 65.2 Å². The highest BCUT2D eigenvalue weighted by Crippen LogP contribution is 2.34. The number of aliphatic carboxylic acids is 1. The monoisotopic (exact) mass is 452 g/mol. The second-order valence-electron chi connectivity index (χ2n) is 8.98. The van der Waals surface area contributed by atoms with Crippen LogP contribution in [0.15, 0.2) is 84.9 Å². The van der Waals surface area contributed by atoms with E-state index >= 15 is 0 Å². The van der Waals surface area contributed by atoms with Gasteiger partial charge >= 0.3 is 5.97 Å². The maximum atomic E-state index is 13.3. The molecule has 1 aliphatic rings. The SMILES string of the molecule is O=C(O)Cn1c2c(c3ccccc31)CC(C(=O)NCC(c1ccccc1)c1ccccc1)CC2. The third-order valence-corrected chi connectivity index (χ3v) is 6.92. The minimum Gasteiger partial charge on any atom is -0.480 e. The van der Waals surface area contributed by atoms with Crippen molar-refractivity contribution in [1.82, 2.24) is 9.88 Å². The first-order valence-electron chi connectivity index (χ1n) is 11.8. The molecule has 5 rings (SSSR count). The Morgan fingerprint density at radius 1 is 0.912 bits per heavy atom. The molecule has 0 fully saturated rings. The van der Waals surface area contributed by atoms with Gasteiger partial charge in [0.2, 0.25) is 5.91 Å². The summed E-state index contributed by atoms with van der Waals surface area (Å²) in [6.07, 6.45) is 2.06. The maximum absolute atomic E-state index is 13.3. The van der Waals surface area contributed by atoms with Gasteiger partial charge in [-0.05, 0) is 42.0 Å². The molecule has 1 aromatic heterocycles. The second-order valence-corrected chi connectivity index (χ2v) is 8.98. The van der Waals surface area contributed by atoms with Crippen LogP contribution in [0.2, 0.25) is 0 Å². The van der Waals surface area contributed by atoms with E-state index in [1.165, 1.54) is 11.1 Å². The highest BCUT2D eigenvalue weighted by atomic mass is 16.4. The Bertz CT molecular complexity index is 1270. The number of amides is 1. The summed E-state index contributed by atoms with van der Waals surface area (Å²) < 4.78 is 1.90. The number of para-hydroxylation sites is 1. The molecular weight excluding hydrogens is 424 g/mol. The van der Waals surface area contributed by atoms with Crippen LogP contribution in [-0.4, -0.2) is 28.1 Å². The average Bonchev–Trinajstić information content (AvgIpc) is 3.18. The lowest BCUT2D eigenvalue weighted by atomic mass is 9.85. The van der Waals surface area contributed by atoms with Crippen LogP contribution >= 0.6 is 0 Å². The number of carboxylic acids is 1. The van der Waals surface area contributed by atoms with Gasteiger partial charge in [0.05, 0.1) is 0 Å². The Balaban J connectivity index is 1.35. The van der Waals surface area contributed by atoms with Gasteiger partial charge in [0, 0.05) is 35.0 Å². The summed E-state index contributed by atoms with van der Waals surface area (Å²) in [5.74, 6) is -0.819. The molecule has 0 saturated carbocycles. The summed E-state index contributed by atoms with van der Waals surface area (Å²) in [5, 5.41) is 13.7. The van der Waals surface area contributed by atoms with E-state index in [2.05, 4.69) is 29.6 Å². The highest BCUT2D eigenvalue weighted by Gasteiger charge is 2.30. The highest BCUT2D eigenvalue weighted by molar-refractivity contribution is 5.88. The summed E-state index contributed by atoms with van der Waals surface area (Å²) in [6.45, 7) is 0.486. The van der Waals surface area contributed by atoms with Gasteiger partial charge < -0.3 is 15.0 Å². The van der Waals surface area contributed by atoms with Crippen LogP contribution < -0.4 is 5.32 Å². The molecule has 0 radical (unpaired) electrons. The van der Waals surface area contributed by atoms with Gasteiger partial charge in [0.1, 0.15) is 6.54 Å². The molecule has 1 heterocycles. The Morgan fingerprint density at radius 3 is 2.18 bits per heavy atom. The van der Waals surface area contributed by atoms with Crippen LogP contribution in [0.5, 0.6) is 0 Å². The molecule has 1 aliphatic carbocycles. The van der Waals surface area contributed by atoms with Crippen LogP contribution in [0.4, 0.5) is 0 Å². The summed E-state index contributed by atoms with van der Waals surface area (Å²) in [4.78, 5) is 24.8. The molecule has 5 nitrogen and oxygen atoms in total. The van der Waals surface area contributed by atoms with Crippen LogP contribution in [0.3, 0.4) is 0 Å². The number of rotatable bonds is 7. The number of carbonyl (C=O) groups is 2. The molecule has 172 valence electrons. The van der Waals surface area contributed by atoms with Gasteiger partial charge in [0.15, 0.2) is 0 Å². The van der Waals surface area contributed by atoms with E-state index in [4.69, 9.17) is 0 Å². The molecule has 3 aromatic carbocycles. The summed E-state index contributed by atoms with van der Waals surface area (Å²) in [5.41, 5.74) is 5.46. The molecule has 0 aliphatic heterocycles. The predicted octanol–water partition coefficient (Wildman–Crippen LogP) is 4.78. The number of nitrogens with one attached hydrogen (secondary N) is 1. The topological polar surface area (TPSA) is 71.3 Å². The molecule has 1 amide bonds. The van der Waals surface area contributed by atoms with Gasteiger partial charge in [-0.3, -0.25) is 9.59 Å². The number of benzene rings is 3. The van der Waals surface area contributed by atoms with Crippen molar-refractivity contribution in [1.29, 1.82) is 0 Å². The fraction of sp³-hybridized carbons (Fsp3) is 0.241. The van der Waals surface area contributed by atoms with E-state index in [-0.39, 0.29) is 24.3 Å². The third-order valence-electron chi connectivity index (χ3n) is 6.92. The van der Waals surface area contributed by atoms with Crippen LogP contribution in [0.25, 0.3) is 10.9 Å². The van der Waals surface area contributed by atoms with E-state index in [9.17, 15) is 14.7 Å². The van der Waals surface area contributed by atoms with Crippen molar-refractivity contribution in [3.63, 3.8) is 0 Å². The summed E-state index contributed by atoms with van der Waals surface area (Å²) >= 11 is 0. The zero-order valence-electron chi connectivity index (χ0n) is 19.0. The van der Waals surface area contributed by atoms with E-state index in [0.29, 0.717) is 19.4 Å². The third kappa shape index (κ3) is 4.34. The van der Waals surface area contributed by atoms with Crippen LogP contribution in [-0.2, 0) is 29.0 Å². The number of carbonyl (C=O) groups excluding carboxylic acids is 1. The van der Waals surface area contributed by atoms with Crippen molar-refractivity contribution in [3.05, 3.63) is 107 Å². The van der Waals surface area contributed by atoms with Gasteiger partial charge in [-0.25, -0.2) is 0 Å². The fourth-order valence-corrected chi connectivity index (χ4v) is 5.29. The first-order chi connectivity index (χ1) is 16.6. The molecule has 0 saturated heterocycles. The fourth-order valence-electron chi connectivity index (χ4n) is 5.29.